The molecule has 0 atom stereocenters. The van der Waals surface area contributed by atoms with Gasteiger partial charge in [-0.1, -0.05) is 24.3 Å². The van der Waals surface area contributed by atoms with Crippen molar-refractivity contribution in [1.82, 2.24) is 9.78 Å². The number of hydrogen-bond donors (Lipinski definition) is 1. The largest absolute Gasteiger partial charge is 0.318 e. The molecule has 150 valence electrons. The molecule has 0 saturated heterocycles. The van der Waals surface area contributed by atoms with Crippen LogP contribution in [0.25, 0.3) is 16.9 Å². The maximum absolute atomic E-state index is 14.0. The molecule has 3 aromatic carbocycles. The van der Waals surface area contributed by atoms with Crippen molar-refractivity contribution >= 4 is 11.6 Å². The van der Waals surface area contributed by atoms with E-state index in [2.05, 4.69) is 10.4 Å². The molecular weight excluding hydrogens is 384 g/mol. The average molecular weight is 403 g/mol. The van der Waals surface area contributed by atoms with Crippen LogP contribution in [0.5, 0.6) is 0 Å². The van der Waals surface area contributed by atoms with Gasteiger partial charge in [-0.3, -0.25) is 4.79 Å². The summed E-state index contributed by atoms with van der Waals surface area (Å²) in [6, 6.07) is 19.1. The summed E-state index contributed by atoms with van der Waals surface area (Å²) < 4.78 is 28.8. The number of halogens is 2. The van der Waals surface area contributed by atoms with E-state index in [9.17, 15) is 13.6 Å². The fourth-order valence-corrected chi connectivity index (χ4v) is 3.11. The number of carbonyl (C=O) groups excluding carboxylic acids is 1. The quantitative estimate of drug-likeness (QED) is 0.476. The van der Waals surface area contributed by atoms with Crippen molar-refractivity contribution in [1.29, 1.82) is 0 Å². The molecule has 4 nitrogen and oxygen atoms in total. The van der Waals surface area contributed by atoms with Gasteiger partial charge in [0.05, 0.1) is 17.1 Å². The van der Waals surface area contributed by atoms with Gasteiger partial charge in [0.15, 0.2) is 0 Å². The highest BCUT2D eigenvalue weighted by Gasteiger charge is 2.19. The number of carbonyl (C=O) groups is 1. The summed E-state index contributed by atoms with van der Waals surface area (Å²) in [6.07, 6.45) is 0. The van der Waals surface area contributed by atoms with E-state index in [0.29, 0.717) is 11.4 Å². The molecule has 0 bridgehead atoms. The van der Waals surface area contributed by atoms with E-state index in [4.69, 9.17) is 0 Å². The molecule has 0 radical (unpaired) electrons. The number of aryl methyl sites for hydroxylation is 2. The van der Waals surface area contributed by atoms with Crippen LogP contribution in [0.4, 0.5) is 14.5 Å². The second-order valence-electron chi connectivity index (χ2n) is 7.04. The van der Waals surface area contributed by atoms with Crippen molar-refractivity contribution in [2.75, 3.05) is 5.32 Å². The number of para-hydroxylation sites is 1. The molecule has 4 rings (SSSR count). The van der Waals surface area contributed by atoms with E-state index in [-0.39, 0.29) is 11.4 Å². The van der Waals surface area contributed by atoms with Gasteiger partial charge < -0.3 is 5.32 Å². The minimum atomic E-state index is -0.534. The molecule has 0 aliphatic heterocycles. The Hall–Kier alpha value is -3.80. The molecule has 30 heavy (non-hydrogen) atoms. The normalized spacial score (nSPS) is 10.8. The van der Waals surface area contributed by atoms with E-state index >= 15 is 0 Å². The number of hydrogen-bond acceptors (Lipinski definition) is 2. The summed E-state index contributed by atoms with van der Waals surface area (Å²) in [5.74, 6) is -1.45. The molecular formula is C24H19F2N3O. The van der Waals surface area contributed by atoms with E-state index in [1.807, 2.05) is 32.0 Å². The minimum absolute atomic E-state index is 0.0714. The molecule has 4 aromatic rings. The fraction of sp³-hybridized carbons (Fsp3) is 0.0833. The smallest absolute Gasteiger partial charge is 0.274 e. The minimum Gasteiger partial charge on any atom is -0.318 e. The summed E-state index contributed by atoms with van der Waals surface area (Å²) in [4.78, 5) is 13.0. The molecule has 1 amide bonds. The van der Waals surface area contributed by atoms with Gasteiger partial charge in [-0.25, -0.2) is 13.5 Å². The Labute approximate surface area is 172 Å². The Morgan fingerprint density at radius 1 is 0.900 bits per heavy atom. The van der Waals surface area contributed by atoms with Crippen LogP contribution in [0, 0.1) is 25.5 Å². The SMILES string of the molecule is Cc1ccc(-c2cc(C(=O)Nc3ccccc3F)n(-c3ccc(F)cc3)n2)cc1C. The van der Waals surface area contributed by atoms with Crippen molar-refractivity contribution in [2.24, 2.45) is 0 Å². The van der Waals surface area contributed by atoms with Gasteiger partial charge in [0, 0.05) is 5.56 Å². The lowest BCUT2D eigenvalue weighted by Crippen LogP contribution is -2.17. The molecule has 1 aromatic heterocycles. The predicted molar refractivity (Wildman–Crippen MR) is 113 cm³/mol. The van der Waals surface area contributed by atoms with Crippen molar-refractivity contribution in [3.05, 3.63) is 101 Å². The first-order chi connectivity index (χ1) is 14.4. The zero-order valence-corrected chi connectivity index (χ0v) is 16.5. The topological polar surface area (TPSA) is 46.9 Å². The van der Waals surface area contributed by atoms with E-state index in [1.54, 1.807) is 18.2 Å². The summed E-state index contributed by atoms with van der Waals surface area (Å²) in [6.45, 7) is 4.02. The maximum atomic E-state index is 14.0. The highest BCUT2D eigenvalue weighted by Crippen LogP contribution is 2.25. The van der Waals surface area contributed by atoms with E-state index in [1.165, 1.54) is 41.1 Å². The van der Waals surface area contributed by atoms with E-state index < -0.39 is 17.5 Å². The number of aromatic nitrogens is 2. The van der Waals surface area contributed by atoms with Crippen LogP contribution in [0.2, 0.25) is 0 Å². The lowest BCUT2D eigenvalue weighted by molar-refractivity contribution is 0.101. The predicted octanol–water partition coefficient (Wildman–Crippen LogP) is 5.69. The van der Waals surface area contributed by atoms with Crippen LogP contribution < -0.4 is 5.32 Å². The van der Waals surface area contributed by atoms with Gasteiger partial charge in [0.1, 0.15) is 17.3 Å². The maximum Gasteiger partial charge on any atom is 0.274 e. The van der Waals surface area contributed by atoms with Crippen LogP contribution in [0.15, 0.2) is 72.8 Å². The molecule has 0 saturated carbocycles. The zero-order chi connectivity index (χ0) is 21.3. The number of amides is 1. The number of rotatable bonds is 4. The van der Waals surface area contributed by atoms with Crippen LogP contribution in [-0.2, 0) is 0 Å². The first kappa shape index (κ1) is 19.5. The Morgan fingerprint density at radius 2 is 1.63 bits per heavy atom. The van der Waals surface area contributed by atoms with Crippen LogP contribution in [0.3, 0.4) is 0 Å². The second kappa shape index (κ2) is 7.91. The summed E-state index contributed by atoms with van der Waals surface area (Å²) in [5.41, 5.74) is 4.47. The Kier molecular flexibility index (Phi) is 5.14. The molecule has 0 fully saturated rings. The summed E-state index contributed by atoms with van der Waals surface area (Å²) in [7, 11) is 0. The van der Waals surface area contributed by atoms with Gasteiger partial charge >= 0.3 is 0 Å². The van der Waals surface area contributed by atoms with Gasteiger partial charge in [-0.15, -0.1) is 0 Å². The molecule has 0 aliphatic rings. The van der Waals surface area contributed by atoms with Crippen LogP contribution in [-0.4, -0.2) is 15.7 Å². The van der Waals surface area contributed by atoms with Gasteiger partial charge in [-0.2, -0.15) is 5.10 Å². The molecule has 6 heteroatoms. The lowest BCUT2D eigenvalue weighted by atomic mass is 10.0. The van der Waals surface area contributed by atoms with Crippen molar-refractivity contribution < 1.29 is 13.6 Å². The van der Waals surface area contributed by atoms with Crippen LogP contribution >= 0.6 is 0 Å². The lowest BCUT2D eigenvalue weighted by Gasteiger charge is -2.09. The molecule has 1 heterocycles. The van der Waals surface area contributed by atoms with Gasteiger partial charge in [0.25, 0.3) is 5.91 Å². The third kappa shape index (κ3) is 3.85. The van der Waals surface area contributed by atoms with Gasteiger partial charge in [-0.05, 0) is 73.5 Å². The first-order valence-electron chi connectivity index (χ1n) is 9.42. The number of benzene rings is 3. The van der Waals surface area contributed by atoms with Crippen LogP contribution in [0.1, 0.15) is 21.6 Å². The summed E-state index contributed by atoms with van der Waals surface area (Å²) >= 11 is 0. The number of nitrogens with zero attached hydrogens (tertiary/aromatic N) is 2. The third-order valence-electron chi connectivity index (χ3n) is 4.94. The summed E-state index contributed by atoms with van der Waals surface area (Å²) in [5, 5.41) is 7.16. The number of anilines is 1. The Bertz CT molecular complexity index is 1230. The highest BCUT2D eigenvalue weighted by molar-refractivity contribution is 6.04. The van der Waals surface area contributed by atoms with Crippen molar-refractivity contribution in [3.63, 3.8) is 0 Å². The Morgan fingerprint density at radius 3 is 2.33 bits per heavy atom. The third-order valence-corrected chi connectivity index (χ3v) is 4.94. The second-order valence-corrected chi connectivity index (χ2v) is 7.04. The standard InChI is InChI=1S/C24H19F2N3O/c1-15-7-8-17(13-16(15)2)22-14-23(24(30)27-21-6-4-3-5-20(21)26)29(28-22)19-11-9-18(25)10-12-19/h3-14H,1-2H3,(H,27,30). The number of nitrogens with one attached hydrogen (secondary N) is 1. The van der Waals surface area contributed by atoms with E-state index in [0.717, 1.165) is 16.7 Å². The average Bonchev–Trinajstić information content (AvgIpc) is 3.18. The molecule has 0 spiro atoms. The van der Waals surface area contributed by atoms with Gasteiger partial charge in [0.2, 0.25) is 0 Å². The Balaban J connectivity index is 1.79. The fourth-order valence-electron chi connectivity index (χ4n) is 3.11. The highest BCUT2D eigenvalue weighted by atomic mass is 19.1. The zero-order valence-electron chi connectivity index (χ0n) is 16.5. The first-order valence-corrected chi connectivity index (χ1v) is 9.42. The van der Waals surface area contributed by atoms with Crippen molar-refractivity contribution in [2.45, 2.75) is 13.8 Å². The van der Waals surface area contributed by atoms with Crippen molar-refractivity contribution in [3.8, 4) is 16.9 Å². The molecule has 0 aliphatic carbocycles. The molecule has 0 unspecified atom stereocenters. The molecule has 1 N–H and O–H groups in total. The monoisotopic (exact) mass is 403 g/mol.